The molecule has 26 heavy (non-hydrogen) atoms. The van der Waals surface area contributed by atoms with Crippen LogP contribution in [0.5, 0.6) is 5.75 Å². The van der Waals surface area contributed by atoms with E-state index in [1.807, 2.05) is 27.7 Å². The second kappa shape index (κ2) is 8.92. The van der Waals surface area contributed by atoms with Crippen LogP contribution in [0.3, 0.4) is 0 Å². The van der Waals surface area contributed by atoms with Gasteiger partial charge in [0.2, 0.25) is 0 Å². The summed E-state index contributed by atoms with van der Waals surface area (Å²) in [4.78, 5) is 24.6. The SMILES string of the molecule is CCOc1ccc(C(=O)N[C@@H]2CCCC[C@@H]2NC(=O)OC(C)(C)C)cc1. The number of rotatable bonds is 5. The molecule has 2 N–H and O–H groups in total. The van der Waals surface area contributed by atoms with Crippen molar-refractivity contribution in [1.29, 1.82) is 0 Å². The number of benzene rings is 1. The van der Waals surface area contributed by atoms with Gasteiger partial charge in [0.1, 0.15) is 11.4 Å². The van der Waals surface area contributed by atoms with Crippen LogP contribution < -0.4 is 15.4 Å². The number of alkyl carbamates (subject to hydrolysis) is 1. The first-order valence-electron chi connectivity index (χ1n) is 9.31. The van der Waals surface area contributed by atoms with Gasteiger partial charge in [-0.1, -0.05) is 12.8 Å². The van der Waals surface area contributed by atoms with Crippen LogP contribution in [0.2, 0.25) is 0 Å². The molecule has 0 unspecified atom stereocenters. The van der Waals surface area contributed by atoms with Gasteiger partial charge in [0, 0.05) is 11.6 Å². The Morgan fingerprint density at radius 1 is 1.04 bits per heavy atom. The molecule has 0 saturated heterocycles. The van der Waals surface area contributed by atoms with Gasteiger partial charge in [-0.25, -0.2) is 4.79 Å². The summed E-state index contributed by atoms with van der Waals surface area (Å²) < 4.78 is 10.7. The van der Waals surface area contributed by atoms with Crippen molar-refractivity contribution in [2.24, 2.45) is 0 Å². The summed E-state index contributed by atoms with van der Waals surface area (Å²) in [5.74, 6) is 0.599. The fourth-order valence-corrected chi connectivity index (χ4v) is 3.06. The van der Waals surface area contributed by atoms with Gasteiger partial charge in [0.05, 0.1) is 12.6 Å². The van der Waals surface area contributed by atoms with E-state index in [0.717, 1.165) is 31.4 Å². The fraction of sp³-hybridized carbons (Fsp3) is 0.600. The Kier molecular flexibility index (Phi) is 6.89. The predicted octanol–water partition coefficient (Wildman–Crippen LogP) is 3.65. The molecule has 0 aromatic heterocycles. The van der Waals surface area contributed by atoms with Gasteiger partial charge in [-0.3, -0.25) is 4.79 Å². The van der Waals surface area contributed by atoms with E-state index in [1.165, 1.54) is 0 Å². The van der Waals surface area contributed by atoms with Crippen molar-refractivity contribution in [1.82, 2.24) is 10.6 Å². The molecule has 1 aliphatic rings. The van der Waals surface area contributed by atoms with Gasteiger partial charge < -0.3 is 20.1 Å². The van der Waals surface area contributed by atoms with E-state index in [4.69, 9.17) is 9.47 Å². The minimum atomic E-state index is -0.542. The number of ether oxygens (including phenoxy) is 2. The zero-order valence-electron chi connectivity index (χ0n) is 16.1. The van der Waals surface area contributed by atoms with Crippen molar-refractivity contribution >= 4 is 12.0 Å². The molecule has 1 aromatic rings. The van der Waals surface area contributed by atoms with Crippen molar-refractivity contribution in [3.63, 3.8) is 0 Å². The molecule has 6 heteroatoms. The molecule has 0 radical (unpaired) electrons. The van der Waals surface area contributed by atoms with E-state index in [-0.39, 0.29) is 18.0 Å². The first-order valence-corrected chi connectivity index (χ1v) is 9.31. The predicted molar refractivity (Wildman–Crippen MR) is 100 cm³/mol. The zero-order chi connectivity index (χ0) is 19.2. The van der Waals surface area contributed by atoms with E-state index < -0.39 is 11.7 Å². The van der Waals surface area contributed by atoms with Gasteiger partial charge in [0.25, 0.3) is 5.91 Å². The fourth-order valence-electron chi connectivity index (χ4n) is 3.06. The first kappa shape index (κ1) is 20.1. The van der Waals surface area contributed by atoms with Crippen molar-refractivity contribution in [3.05, 3.63) is 29.8 Å². The van der Waals surface area contributed by atoms with Gasteiger partial charge >= 0.3 is 6.09 Å². The Balaban J connectivity index is 1.96. The van der Waals surface area contributed by atoms with Crippen LogP contribution in [-0.2, 0) is 4.74 Å². The van der Waals surface area contributed by atoms with Gasteiger partial charge in [-0.2, -0.15) is 0 Å². The molecule has 2 amide bonds. The largest absolute Gasteiger partial charge is 0.494 e. The van der Waals surface area contributed by atoms with Crippen LogP contribution >= 0.6 is 0 Å². The van der Waals surface area contributed by atoms with Crippen LogP contribution in [-0.4, -0.2) is 36.3 Å². The van der Waals surface area contributed by atoms with Crippen LogP contribution in [0.4, 0.5) is 4.79 Å². The first-order chi connectivity index (χ1) is 12.3. The molecule has 1 fully saturated rings. The van der Waals surface area contributed by atoms with E-state index >= 15 is 0 Å². The Hall–Kier alpha value is -2.24. The lowest BCUT2D eigenvalue weighted by atomic mass is 9.90. The molecule has 0 bridgehead atoms. The normalized spacial score (nSPS) is 20.2. The molecule has 1 saturated carbocycles. The van der Waals surface area contributed by atoms with E-state index in [1.54, 1.807) is 24.3 Å². The van der Waals surface area contributed by atoms with E-state index in [0.29, 0.717) is 12.2 Å². The molecule has 0 aliphatic heterocycles. The maximum atomic E-state index is 12.5. The molecular weight excluding hydrogens is 332 g/mol. The lowest BCUT2D eigenvalue weighted by Gasteiger charge is -2.33. The molecule has 6 nitrogen and oxygen atoms in total. The maximum absolute atomic E-state index is 12.5. The monoisotopic (exact) mass is 362 g/mol. The molecule has 1 aromatic carbocycles. The molecule has 144 valence electrons. The lowest BCUT2D eigenvalue weighted by Crippen LogP contribution is -2.53. The van der Waals surface area contributed by atoms with E-state index in [9.17, 15) is 9.59 Å². The third-order valence-corrected chi connectivity index (χ3v) is 4.21. The summed E-state index contributed by atoms with van der Waals surface area (Å²) in [6, 6.07) is 6.85. The highest BCUT2D eigenvalue weighted by Crippen LogP contribution is 2.20. The van der Waals surface area contributed by atoms with Gasteiger partial charge in [0.15, 0.2) is 0 Å². The number of amides is 2. The highest BCUT2D eigenvalue weighted by molar-refractivity contribution is 5.94. The standard InChI is InChI=1S/C20H30N2O4/c1-5-25-15-12-10-14(11-13-15)18(23)21-16-8-6-7-9-17(16)22-19(24)26-20(2,3)4/h10-13,16-17H,5-9H2,1-4H3,(H,21,23)(H,22,24)/t16-,17+/m1/s1. The van der Waals surface area contributed by atoms with Gasteiger partial charge in [-0.05, 0) is 64.8 Å². The van der Waals surface area contributed by atoms with Crippen molar-refractivity contribution in [2.45, 2.75) is 71.1 Å². The quantitative estimate of drug-likeness (QED) is 0.838. The number of hydrogen-bond acceptors (Lipinski definition) is 4. The highest BCUT2D eigenvalue weighted by atomic mass is 16.6. The minimum absolute atomic E-state index is 0.102. The van der Waals surface area contributed by atoms with Crippen LogP contribution in [0.15, 0.2) is 24.3 Å². The average molecular weight is 362 g/mol. The van der Waals surface area contributed by atoms with Crippen molar-refractivity contribution in [3.8, 4) is 5.75 Å². The van der Waals surface area contributed by atoms with Crippen molar-refractivity contribution in [2.75, 3.05) is 6.61 Å². The third kappa shape index (κ3) is 6.24. The number of hydrogen-bond donors (Lipinski definition) is 2. The molecule has 0 heterocycles. The summed E-state index contributed by atoms with van der Waals surface area (Å²) in [7, 11) is 0. The topological polar surface area (TPSA) is 76.7 Å². The molecule has 2 atom stereocenters. The minimum Gasteiger partial charge on any atom is -0.494 e. The number of nitrogens with one attached hydrogen (secondary N) is 2. The second-order valence-electron chi connectivity index (χ2n) is 7.57. The summed E-state index contributed by atoms with van der Waals surface area (Å²) in [5, 5.41) is 5.97. The molecular formula is C20H30N2O4. The number of carbonyl (C=O) groups excluding carboxylic acids is 2. The molecule has 0 spiro atoms. The van der Waals surface area contributed by atoms with Gasteiger partial charge in [-0.15, -0.1) is 0 Å². The summed E-state index contributed by atoms with van der Waals surface area (Å²) in [5.41, 5.74) is 0.0369. The number of carbonyl (C=O) groups is 2. The van der Waals surface area contributed by atoms with Crippen LogP contribution in [0, 0.1) is 0 Å². The zero-order valence-corrected chi connectivity index (χ0v) is 16.1. The Labute approximate surface area is 155 Å². The third-order valence-electron chi connectivity index (χ3n) is 4.21. The summed E-state index contributed by atoms with van der Waals surface area (Å²) >= 11 is 0. The van der Waals surface area contributed by atoms with E-state index in [2.05, 4.69) is 10.6 Å². The van der Waals surface area contributed by atoms with Crippen molar-refractivity contribution < 1.29 is 19.1 Å². The summed E-state index contributed by atoms with van der Waals surface area (Å²) in [6.07, 6.45) is 3.28. The molecule has 2 rings (SSSR count). The summed E-state index contributed by atoms with van der Waals surface area (Å²) in [6.45, 7) is 8.00. The lowest BCUT2D eigenvalue weighted by molar-refractivity contribution is 0.0475. The molecule has 1 aliphatic carbocycles. The average Bonchev–Trinajstić information content (AvgIpc) is 2.56. The Morgan fingerprint density at radius 3 is 2.15 bits per heavy atom. The highest BCUT2D eigenvalue weighted by Gasteiger charge is 2.29. The smallest absolute Gasteiger partial charge is 0.407 e. The maximum Gasteiger partial charge on any atom is 0.407 e. The Bertz CT molecular complexity index is 607. The van der Waals surface area contributed by atoms with Crippen LogP contribution in [0.1, 0.15) is 63.7 Å². The second-order valence-corrected chi connectivity index (χ2v) is 7.57. The van der Waals surface area contributed by atoms with Crippen LogP contribution in [0.25, 0.3) is 0 Å². The Morgan fingerprint density at radius 2 is 1.62 bits per heavy atom.